The van der Waals surface area contributed by atoms with Crippen molar-refractivity contribution in [3.8, 4) is 0 Å². The summed E-state index contributed by atoms with van der Waals surface area (Å²) in [6.07, 6.45) is 1.89. The fourth-order valence-electron chi connectivity index (χ4n) is 2.86. The third-order valence-corrected chi connectivity index (χ3v) is 3.94. The third kappa shape index (κ3) is 3.16. The zero-order chi connectivity index (χ0) is 14.5. The van der Waals surface area contributed by atoms with Gasteiger partial charge < -0.3 is 15.1 Å². The summed E-state index contributed by atoms with van der Waals surface area (Å²) in [5.74, 6) is 1.12. The van der Waals surface area contributed by atoms with E-state index >= 15 is 0 Å². The fourth-order valence-corrected chi connectivity index (χ4v) is 2.86. The Balaban J connectivity index is 1.69. The molecular weight excluding hydrogens is 260 g/mol. The number of benzene rings is 1. The third-order valence-electron chi connectivity index (χ3n) is 3.94. The molecule has 1 fully saturated rings. The van der Waals surface area contributed by atoms with Gasteiger partial charge in [0.2, 0.25) is 0 Å². The predicted octanol–water partition coefficient (Wildman–Crippen LogP) is 2.13. The van der Waals surface area contributed by atoms with E-state index in [1.807, 2.05) is 19.3 Å². The van der Waals surface area contributed by atoms with Crippen molar-refractivity contribution < 1.29 is 0 Å². The highest BCUT2D eigenvalue weighted by Crippen LogP contribution is 2.21. The topological polar surface area (TPSA) is 31.4 Å². The Hall–Kier alpha value is -2.07. The molecule has 1 aliphatic heterocycles. The lowest BCUT2D eigenvalue weighted by Gasteiger charge is -2.37. The zero-order valence-electron chi connectivity index (χ0n) is 12.5. The highest BCUT2D eigenvalue weighted by atomic mass is 15.3. The van der Waals surface area contributed by atoms with Crippen molar-refractivity contribution in [2.45, 2.75) is 6.54 Å². The van der Waals surface area contributed by atoms with Crippen molar-refractivity contribution in [3.63, 3.8) is 0 Å². The number of nitrogens with one attached hydrogen (secondary N) is 1. The number of nitrogens with zero attached hydrogens (tertiary/aromatic N) is 3. The quantitative estimate of drug-likeness (QED) is 0.931. The van der Waals surface area contributed by atoms with Gasteiger partial charge in [0.05, 0.1) is 0 Å². The average molecular weight is 282 g/mol. The van der Waals surface area contributed by atoms with Crippen molar-refractivity contribution >= 4 is 11.5 Å². The van der Waals surface area contributed by atoms with Gasteiger partial charge in [0.25, 0.3) is 0 Å². The van der Waals surface area contributed by atoms with Crippen molar-refractivity contribution in [2.75, 3.05) is 43.0 Å². The van der Waals surface area contributed by atoms with Crippen molar-refractivity contribution in [1.29, 1.82) is 0 Å². The molecule has 3 rings (SSSR count). The van der Waals surface area contributed by atoms with Crippen LogP contribution in [0.1, 0.15) is 5.56 Å². The van der Waals surface area contributed by atoms with Crippen LogP contribution in [0.4, 0.5) is 11.5 Å². The van der Waals surface area contributed by atoms with E-state index in [4.69, 9.17) is 0 Å². The standard InChI is InChI=1S/C17H22N4/c1-18-14-15-6-5-9-19-17(15)21-12-10-20(11-13-21)16-7-3-2-4-8-16/h2-9,18H,10-14H2,1H3. The molecule has 0 atom stereocenters. The molecule has 1 aliphatic rings. The maximum absolute atomic E-state index is 4.59. The summed E-state index contributed by atoms with van der Waals surface area (Å²) < 4.78 is 0. The Labute approximate surface area is 126 Å². The van der Waals surface area contributed by atoms with Gasteiger partial charge in [-0.15, -0.1) is 0 Å². The van der Waals surface area contributed by atoms with Gasteiger partial charge in [0.1, 0.15) is 5.82 Å². The van der Waals surface area contributed by atoms with Crippen LogP contribution in [0.2, 0.25) is 0 Å². The molecule has 1 aromatic carbocycles. The highest BCUT2D eigenvalue weighted by molar-refractivity contribution is 5.51. The van der Waals surface area contributed by atoms with Gasteiger partial charge in [-0.2, -0.15) is 0 Å². The molecule has 0 bridgehead atoms. The van der Waals surface area contributed by atoms with Crippen molar-refractivity contribution in [2.24, 2.45) is 0 Å². The minimum absolute atomic E-state index is 0.863. The Morgan fingerprint density at radius 3 is 2.38 bits per heavy atom. The Bertz CT molecular complexity index is 562. The van der Waals surface area contributed by atoms with Gasteiger partial charge in [0.15, 0.2) is 0 Å². The van der Waals surface area contributed by atoms with Crippen molar-refractivity contribution in [3.05, 3.63) is 54.2 Å². The van der Waals surface area contributed by atoms with Crippen LogP contribution in [0.15, 0.2) is 48.7 Å². The molecule has 4 heteroatoms. The van der Waals surface area contributed by atoms with Gasteiger partial charge in [-0.25, -0.2) is 4.98 Å². The van der Waals surface area contributed by atoms with Gasteiger partial charge in [0, 0.05) is 50.2 Å². The molecule has 4 nitrogen and oxygen atoms in total. The molecule has 2 aromatic rings. The molecule has 0 amide bonds. The van der Waals surface area contributed by atoms with E-state index in [0.29, 0.717) is 0 Å². The Morgan fingerprint density at radius 1 is 0.952 bits per heavy atom. The smallest absolute Gasteiger partial charge is 0.133 e. The Kier molecular flexibility index (Phi) is 4.36. The van der Waals surface area contributed by atoms with E-state index in [9.17, 15) is 0 Å². The minimum atomic E-state index is 0.863. The van der Waals surface area contributed by atoms with Crippen LogP contribution < -0.4 is 15.1 Å². The van der Waals surface area contributed by atoms with E-state index in [2.05, 4.69) is 56.5 Å². The second kappa shape index (κ2) is 6.59. The molecule has 2 heterocycles. The van der Waals surface area contributed by atoms with Crippen LogP contribution in [0.25, 0.3) is 0 Å². The fraction of sp³-hybridized carbons (Fsp3) is 0.353. The lowest BCUT2D eigenvalue weighted by atomic mass is 10.2. The van der Waals surface area contributed by atoms with Crippen LogP contribution in [-0.4, -0.2) is 38.2 Å². The summed E-state index contributed by atoms with van der Waals surface area (Å²) in [5, 5.41) is 3.22. The number of hydrogen-bond acceptors (Lipinski definition) is 4. The Morgan fingerprint density at radius 2 is 1.67 bits per heavy atom. The van der Waals surface area contributed by atoms with Crippen LogP contribution in [0.3, 0.4) is 0 Å². The van der Waals surface area contributed by atoms with Gasteiger partial charge >= 0.3 is 0 Å². The molecule has 110 valence electrons. The number of para-hydroxylation sites is 1. The average Bonchev–Trinajstić information content (AvgIpc) is 2.57. The van der Waals surface area contributed by atoms with Crippen LogP contribution in [-0.2, 0) is 6.54 Å². The largest absolute Gasteiger partial charge is 0.368 e. The predicted molar refractivity (Wildman–Crippen MR) is 87.9 cm³/mol. The monoisotopic (exact) mass is 282 g/mol. The molecule has 1 saturated heterocycles. The van der Waals surface area contributed by atoms with E-state index < -0.39 is 0 Å². The molecule has 1 aromatic heterocycles. The lowest BCUT2D eigenvalue weighted by molar-refractivity contribution is 0.642. The molecule has 0 saturated carbocycles. The lowest BCUT2D eigenvalue weighted by Crippen LogP contribution is -2.47. The molecule has 0 unspecified atom stereocenters. The first-order valence-electron chi connectivity index (χ1n) is 7.52. The number of rotatable bonds is 4. The summed E-state index contributed by atoms with van der Waals surface area (Å²) in [5.41, 5.74) is 2.58. The SMILES string of the molecule is CNCc1cccnc1N1CCN(c2ccccc2)CC1. The van der Waals surface area contributed by atoms with Crippen LogP contribution in [0.5, 0.6) is 0 Å². The van der Waals surface area contributed by atoms with E-state index in [-0.39, 0.29) is 0 Å². The van der Waals surface area contributed by atoms with Gasteiger partial charge in [-0.3, -0.25) is 0 Å². The molecule has 21 heavy (non-hydrogen) atoms. The first kappa shape index (κ1) is 13.9. The maximum Gasteiger partial charge on any atom is 0.133 e. The first-order chi connectivity index (χ1) is 10.4. The number of piperazine rings is 1. The summed E-state index contributed by atoms with van der Waals surface area (Å²) >= 11 is 0. The number of aromatic nitrogens is 1. The number of pyridine rings is 1. The number of anilines is 2. The van der Waals surface area contributed by atoms with E-state index in [0.717, 1.165) is 38.5 Å². The summed E-state index contributed by atoms with van der Waals surface area (Å²) in [6, 6.07) is 14.8. The van der Waals surface area contributed by atoms with Crippen LogP contribution in [0, 0.1) is 0 Å². The second-order valence-corrected chi connectivity index (χ2v) is 5.33. The molecule has 1 N–H and O–H groups in total. The molecule has 0 spiro atoms. The zero-order valence-corrected chi connectivity index (χ0v) is 12.5. The van der Waals surface area contributed by atoms with E-state index in [1.54, 1.807) is 0 Å². The minimum Gasteiger partial charge on any atom is -0.368 e. The summed E-state index contributed by atoms with van der Waals surface area (Å²) in [6.45, 7) is 4.98. The summed E-state index contributed by atoms with van der Waals surface area (Å²) in [4.78, 5) is 9.42. The molecule has 0 radical (unpaired) electrons. The molecular formula is C17H22N4. The highest BCUT2D eigenvalue weighted by Gasteiger charge is 2.19. The van der Waals surface area contributed by atoms with Gasteiger partial charge in [-0.05, 0) is 25.2 Å². The summed E-state index contributed by atoms with van der Waals surface area (Å²) in [7, 11) is 1.98. The van der Waals surface area contributed by atoms with Crippen molar-refractivity contribution in [1.82, 2.24) is 10.3 Å². The first-order valence-corrected chi connectivity index (χ1v) is 7.52. The second-order valence-electron chi connectivity index (χ2n) is 5.33. The van der Waals surface area contributed by atoms with Crippen LogP contribution >= 0.6 is 0 Å². The maximum atomic E-state index is 4.59. The van der Waals surface area contributed by atoms with Gasteiger partial charge in [-0.1, -0.05) is 24.3 Å². The normalized spacial score (nSPS) is 15.3. The number of hydrogen-bond donors (Lipinski definition) is 1. The van der Waals surface area contributed by atoms with E-state index in [1.165, 1.54) is 11.3 Å². The molecule has 0 aliphatic carbocycles.